The van der Waals surface area contributed by atoms with E-state index in [4.69, 9.17) is 9.84 Å². The summed E-state index contributed by atoms with van der Waals surface area (Å²) in [5.41, 5.74) is 1.08. The van der Waals surface area contributed by atoms with E-state index >= 15 is 0 Å². The number of aromatic amines is 1. The number of H-pyrrole nitrogens is 1. The largest absolute Gasteiger partial charge is 0.493 e. The van der Waals surface area contributed by atoms with Gasteiger partial charge in [0.1, 0.15) is 11.6 Å². The van der Waals surface area contributed by atoms with E-state index < -0.39 is 10.0 Å². The average Bonchev–Trinajstić information content (AvgIpc) is 3.12. The predicted octanol–water partition coefficient (Wildman–Crippen LogP) is 3.73. The number of aromatic nitrogens is 4. The van der Waals surface area contributed by atoms with E-state index in [1.165, 1.54) is 16.4 Å². The van der Waals surface area contributed by atoms with Crippen LogP contribution in [0.25, 0.3) is 16.9 Å². The molecule has 2 heterocycles. The summed E-state index contributed by atoms with van der Waals surface area (Å²) in [5, 5.41) is 4.71. The molecule has 3 rings (SSSR count). The Labute approximate surface area is 194 Å². The Morgan fingerprint density at radius 1 is 1.12 bits per heavy atom. The first-order chi connectivity index (χ1) is 15.7. The number of nitrogens with one attached hydrogen (secondary N) is 1. The zero-order valence-corrected chi connectivity index (χ0v) is 21.0. The number of ether oxygens (including phenoxy) is 1. The van der Waals surface area contributed by atoms with Crippen LogP contribution < -0.4 is 10.3 Å². The predicted molar refractivity (Wildman–Crippen MR) is 128 cm³/mol. The summed E-state index contributed by atoms with van der Waals surface area (Å²) >= 11 is 0. The minimum Gasteiger partial charge on any atom is -0.493 e. The highest BCUT2D eigenvalue weighted by atomic mass is 32.2. The average molecular weight is 476 g/mol. The van der Waals surface area contributed by atoms with Gasteiger partial charge in [-0.05, 0) is 44.9 Å². The standard InChI is InChI=1S/C23H33N5O4S/c1-7-16(8-2)22-24-15(6)20-23(29)25-21(26-28(20)22)18-14-17(12-13-19(18)32-11-5)33(30,31)27(9-3)10-4/h12-14,16H,7-11H2,1-6H3,(H,25,26,29). The Morgan fingerprint density at radius 3 is 2.36 bits per heavy atom. The summed E-state index contributed by atoms with van der Waals surface area (Å²) < 4.78 is 35.0. The van der Waals surface area contributed by atoms with Gasteiger partial charge in [0.25, 0.3) is 5.56 Å². The van der Waals surface area contributed by atoms with E-state index in [0.717, 1.165) is 18.7 Å². The first-order valence-electron chi connectivity index (χ1n) is 11.5. The maximum Gasteiger partial charge on any atom is 0.277 e. The molecule has 0 aliphatic heterocycles. The molecule has 0 unspecified atom stereocenters. The molecule has 3 aromatic rings. The van der Waals surface area contributed by atoms with Gasteiger partial charge in [0.15, 0.2) is 11.3 Å². The van der Waals surface area contributed by atoms with Gasteiger partial charge < -0.3 is 9.72 Å². The molecule has 2 aromatic heterocycles. The lowest BCUT2D eigenvalue weighted by Crippen LogP contribution is -2.30. The second-order valence-electron chi connectivity index (χ2n) is 7.81. The molecule has 9 nitrogen and oxygen atoms in total. The minimum absolute atomic E-state index is 0.120. The first-order valence-corrected chi connectivity index (χ1v) is 12.9. The second-order valence-corrected chi connectivity index (χ2v) is 9.75. The van der Waals surface area contributed by atoms with E-state index in [9.17, 15) is 13.2 Å². The molecule has 0 radical (unpaired) electrons. The highest BCUT2D eigenvalue weighted by Gasteiger charge is 2.25. The molecule has 0 aliphatic carbocycles. The molecule has 0 saturated carbocycles. The molecule has 180 valence electrons. The van der Waals surface area contributed by atoms with Gasteiger partial charge in [-0.1, -0.05) is 27.7 Å². The number of nitrogens with zero attached hydrogens (tertiary/aromatic N) is 4. The fourth-order valence-corrected chi connectivity index (χ4v) is 5.57. The number of rotatable bonds is 10. The SMILES string of the molecule is CCOc1ccc(S(=O)(=O)N(CC)CC)cc1-c1nn2c(C(CC)CC)nc(C)c2c(=O)[nH]1. The molecular formula is C23H33N5O4S. The topological polar surface area (TPSA) is 110 Å². The number of sulfonamides is 1. The minimum atomic E-state index is -3.70. The van der Waals surface area contributed by atoms with Gasteiger partial charge in [0.2, 0.25) is 10.0 Å². The van der Waals surface area contributed by atoms with E-state index in [1.54, 1.807) is 31.4 Å². The first kappa shape index (κ1) is 24.9. The van der Waals surface area contributed by atoms with Gasteiger partial charge in [-0.2, -0.15) is 4.31 Å². The van der Waals surface area contributed by atoms with Crippen LogP contribution in [0.5, 0.6) is 5.75 Å². The lowest BCUT2D eigenvalue weighted by molar-refractivity contribution is 0.341. The van der Waals surface area contributed by atoms with Crippen molar-refractivity contribution in [3.63, 3.8) is 0 Å². The van der Waals surface area contributed by atoms with Crippen LogP contribution in [0.1, 0.15) is 64.9 Å². The van der Waals surface area contributed by atoms with Crippen LogP contribution in [0, 0.1) is 6.92 Å². The van der Waals surface area contributed by atoms with Crippen LogP contribution in [-0.4, -0.2) is 52.0 Å². The molecule has 1 N–H and O–H groups in total. The van der Waals surface area contributed by atoms with Crippen LogP contribution in [0.3, 0.4) is 0 Å². The number of aryl methyl sites for hydroxylation is 1. The van der Waals surface area contributed by atoms with Crippen LogP contribution in [0.15, 0.2) is 27.9 Å². The maximum atomic E-state index is 13.1. The number of hydrogen-bond donors (Lipinski definition) is 1. The van der Waals surface area contributed by atoms with Crippen molar-refractivity contribution in [1.29, 1.82) is 0 Å². The zero-order chi connectivity index (χ0) is 24.3. The number of fused-ring (bicyclic) bond motifs is 1. The van der Waals surface area contributed by atoms with Crippen molar-refractivity contribution in [2.24, 2.45) is 0 Å². The van der Waals surface area contributed by atoms with Crippen LogP contribution in [0.2, 0.25) is 0 Å². The smallest absolute Gasteiger partial charge is 0.277 e. The normalized spacial score (nSPS) is 12.2. The third kappa shape index (κ3) is 4.54. The molecule has 10 heteroatoms. The van der Waals surface area contributed by atoms with Gasteiger partial charge in [-0.15, -0.1) is 5.10 Å². The van der Waals surface area contributed by atoms with Gasteiger partial charge >= 0.3 is 0 Å². The summed E-state index contributed by atoms with van der Waals surface area (Å²) in [6, 6.07) is 4.65. The van der Waals surface area contributed by atoms with Gasteiger partial charge in [0, 0.05) is 19.0 Å². The summed E-state index contributed by atoms with van der Waals surface area (Å²) in [6.45, 7) is 12.5. The van der Waals surface area contributed by atoms with Crippen molar-refractivity contribution in [3.05, 3.63) is 40.1 Å². The highest BCUT2D eigenvalue weighted by Crippen LogP contribution is 2.32. The van der Waals surface area contributed by atoms with Crippen molar-refractivity contribution in [2.75, 3.05) is 19.7 Å². The van der Waals surface area contributed by atoms with E-state index in [1.807, 2.05) is 6.92 Å². The van der Waals surface area contributed by atoms with Crippen molar-refractivity contribution in [2.45, 2.75) is 65.2 Å². The number of imidazole rings is 1. The third-order valence-corrected chi connectivity index (χ3v) is 7.95. The molecule has 0 spiro atoms. The number of benzene rings is 1. The highest BCUT2D eigenvalue weighted by molar-refractivity contribution is 7.89. The van der Waals surface area contributed by atoms with Crippen molar-refractivity contribution in [1.82, 2.24) is 23.9 Å². The monoisotopic (exact) mass is 475 g/mol. The lowest BCUT2D eigenvalue weighted by Gasteiger charge is -2.19. The Bertz CT molecular complexity index is 1290. The second kappa shape index (κ2) is 10.0. The maximum absolute atomic E-state index is 13.1. The summed E-state index contributed by atoms with van der Waals surface area (Å²) in [4.78, 5) is 20.6. The van der Waals surface area contributed by atoms with E-state index in [-0.39, 0.29) is 22.2 Å². The lowest BCUT2D eigenvalue weighted by atomic mass is 10.0. The third-order valence-electron chi connectivity index (χ3n) is 5.90. The molecule has 1 aromatic carbocycles. The molecule has 0 aliphatic rings. The Balaban J connectivity index is 2.29. The van der Waals surface area contributed by atoms with Gasteiger partial charge in [-0.3, -0.25) is 4.79 Å². The van der Waals surface area contributed by atoms with E-state index in [2.05, 4.69) is 23.8 Å². The Hall–Kier alpha value is -2.72. The zero-order valence-electron chi connectivity index (χ0n) is 20.2. The van der Waals surface area contributed by atoms with Crippen molar-refractivity contribution < 1.29 is 13.2 Å². The summed E-state index contributed by atoms with van der Waals surface area (Å²) in [7, 11) is -3.70. The van der Waals surface area contributed by atoms with Crippen molar-refractivity contribution in [3.8, 4) is 17.1 Å². The number of hydrogen-bond acceptors (Lipinski definition) is 6. The fourth-order valence-electron chi connectivity index (χ4n) is 4.08. The Morgan fingerprint density at radius 2 is 1.79 bits per heavy atom. The fraction of sp³-hybridized carbons (Fsp3) is 0.522. The molecule has 0 saturated heterocycles. The quantitative estimate of drug-likeness (QED) is 0.478. The molecule has 0 fully saturated rings. The van der Waals surface area contributed by atoms with Gasteiger partial charge in [-0.25, -0.2) is 17.9 Å². The van der Waals surface area contributed by atoms with Crippen LogP contribution in [0.4, 0.5) is 0 Å². The summed E-state index contributed by atoms with van der Waals surface area (Å²) in [5.74, 6) is 1.55. The molecule has 0 bridgehead atoms. The Kier molecular flexibility index (Phi) is 7.58. The van der Waals surface area contributed by atoms with Crippen LogP contribution >= 0.6 is 0 Å². The molecule has 33 heavy (non-hydrogen) atoms. The van der Waals surface area contributed by atoms with Crippen LogP contribution in [-0.2, 0) is 10.0 Å². The van der Waals surface area contributed by atoms with E-state index in [0.29, 0.717) is 42.2 Å². The molecule has 0 amide bonds. The van der Waals surface area contributed by atoms with Crippen molar-refractivity contribution >= 4 is 15.5 Å². The van der Waals surface area contributed by atoms with Gasteiger partial charge in [0.05, 0.1) is 22.8 Å². The molecular weight excluding hydrogens is 442 g/mol. The molecule has 0 atom stereocenters. The summed E-state index contributed by atoms with van der Waals surface area (Å²) in [6.07, 6.45) is 1.72.